The van der Waals surface area contributed by atoms with Crippen LogP contribution in [0.2, 0.25) is 0 Å². The smallest absolute Gasteiger partial charge is 0.256 e. The van der Waals surface area contributed by atoms with E-state index in [1.807, 2.05) is 0 Å². The molecular weight excluding hydrogens is 204 g/mol. The highest BCUT2D eigenvalue weighted by atomic mass is 16.2. The van der Waals surface area contributed by atoms with Crippen molar-refractivity contribution >= 4 is 11.7 Å². The first-order valence-corrected chi connectivity index (χ1v) is 5.21. The monoisotopic (exact) mass is 224 g/mol. The van der Waals surface area contributed by atoms with Crippen molar-refractivity contribution < 1.29 is 9.59 Å². The van der Waals surface area contributed by atoms with Crippen molar-refractivity contribution in [3.05, 3.63) is 24.4 Å². The minimum absolute atomic E-state index is 0.157. The molecule has 16 heavy (non-hydrogen) atoms. The topological polar surface area (TPSA) is 49.4 Å². The maximum absolute atomic E-state index is 11.8. The molecule has 0 aromatic rings. The highest BCUT2D eigenvalue weighted by molar-refractivity contribution is 6.19. The zero-order valence-electron chi connectivity index (χ0n) is 10.4. The van der Waals surface area contributed by atoms with Gasteiger partial charge in [-0.1, -0.05) is 19.9 Å². The summed E-state index contributed by atoms with van der Waals surface area (Å²) in [6.07, 6.45) is 3.12. The molecule has 4 heteroatoms. The normalized spacial score (nSPS) is 11.2. The largest absolute Gasteiger partial charge is 0.383 e. The Balaban J connectivity index is 4.88. The van der Waals surface area contributed by atoms with Gasteiger partial charge in [0, 0.05) is 32.8 Å². The molecule has 0 fully saturated rings. The number of nitrogens with one attached hydrogen (secondary N) is 1. The Bertz CT molecular complexity index is 304. The van der Waals surface area contributed by atoms with E-state index in [4.69, 9.17) is 0 Å². The fourth-order valence-electron chi connectivity index (χ4n) is 1.06. The van der Waals surface area contributed by atoms with E-state index in [1.165, 1.54) is 0 Å². The molecule has 0 aliphatic rings. The van der Waals surface area contributed by atoms with Crippen LogP contribution in [0.25, 0.3) is 0 Å². The minimum atomic E-state index is -0.354. The quantitative estimate of drug-likeness (QED) is 0.316. The van der Waals surface area contributed by atoms with Crippen molar-refractivity contribution in [1.82, 2.24) is 10.2 Å². The van der Waals surface area contributed by atoms with Crippen molar-refractivity contribution in [3.8, 4) is 0 Å². The molecule has 1 N–H and O–H groups in total. The Labute approximate surface area is 97.0 Å². The number of hydrogen-bond donors (Lipinski definition) is 1. The maximum atomic E-state index is 11.8. The Morgan fingerprint density at radius 3 is 2.31 bits per heavy atom. The molecule has 0 radical (unpaired) electrons. The summed E-state index contributed by atoms with van der Waals surface area (Å²) in [6.45, 7) is 7.40. The van der Waals surface area contributed by atoms with Crippen LogP contribution in [0.15, 0.2) is 24.4 Å². The lowest BCUT2D eigenvalue weighted by Gasteiger charge is -2.12. The third-order valence-electron chi connectivity index (χ3n) is 1.83. The summed E-state index contributed by atoms with van der Waals surface area (Å²) < 4.78 is 0. The van der Waals surface area contributed by atoms with Crippen molar-refractivity contribution in [2.24, 2.45) is 5.92 Å². The first kappa shape index (κ1) is 14.4. The SMILES string of the molecule is C=CCNC(=O)/C(=C\N(C)C)C(=O)C(C)C. The lowest BCUT2D eigenvalue weighted by Crippen LogP contribution is -2.31. The van der Waals surface area contributed by atoms with Crippen molar-refractivity contribution in [2.45, 2.75) is 13.8 Å². The summed E-state index contributed by atoms with van der Waals surface area (Å²) in [4.78, 5) is 25.2. The van der Waals surface area contributed by atoms with Gasteiger partial charge >= 0.3 is 0 Å². The van der Waals surface area contributed by atoms with Gasteiger partial charge in [-0.3, -0.25) is 9.59 Å². The molecule has 0 bridgehead atoms. The van der Waals surface area contributed by atoms with E-state index >= 15 is 0 Å². The van der Waals surface area contributed by atoms with E-state index in [0.717, 1.165) is 0 Å². The predicted octanol–water partition coefficient (Wildman–Crippen LogP) is 0.959. The minimum Gasteiger partial charge on any atom is -0.383 e. The van der Waals surface area contributed by atoms with E-state index in [2.05, 4.69) is 11.9 Å². The number of ketones is 1. The summed E-state index contributed by atoms with van der Waals surface area (Å²) in [5.41, 5.74) is 0.182. The average Bonchev–Trinajstić information content (AvgIpc) is 2.21. The van der Waals surface area contributed by atoms with Crippen LogP contribution in [0.3, 0.4) is 0 Å². The van der Waals surface area contributed by atoms with Crippen molar-refractivity contribution in [1.29, 1.82) is 0 Å². The molecule has 4 nitrogen and oxygen atoms in total. The zero-order valence-corrected chi connectivity index (χ0v) is 10.4. The van der Waals surface area contributed by atoms with Crippen LogP contribution in [0.1, 0.15) is 13.8 Å². The van der Waals surface area contributed by atoms with Crippen LogP contribution >= 0.6 is 0 Å². The Morgan fingerprint density at radius 2 is 1.94 bits per heavy atom. The van der Waals surface area contributed by atoms with Gasteiger partial charge < -0.3 is 10.2 Å². The Hall–Kier alpha value is -1.58. The molecule has 0 saturated heterocycles. The molecule has 0 aliphatic heterocycles. The molecule has 0 spiro atoms. The zero-order chi connectivity index (χ0) is 12.7. The number of amides is 1. The average molecular weight is 224 g/mol. The highest BCUT2D eigenvalue weighted by Gasteiger charge is 2.20. The van der Waals surface area contributed by atoms with Crippen LogP contribution in [0, 0.1) is 5.92 Å². The fraction of sp³-hybridized carbons (Fsp3) is 0.500. The molecule has 0 atom stereocenters. The van der Waals surface area contributed by atoms with Gasteiger partial charge in [0.2, 0.25) is 0 Å². The number of carbonyl (C=O) groups is 2. The second-order valence-corrected chi connectivity index (χ2v) is 4.02. The van der Waals surface area contributed by atoms with E-state index in [-0.39, 0.29) is 23.2 Å². The first-order valence-electron chi connectivity index (χ1n) is 5.21. The lowest BCUT2D eigenvalue weighted by atomic mass is 10.0. The molecule has 0 unspecified atom stereocenters. The van der Waals surface area contributed by atoms with Gasteiger partial charge in [0.15, 0.2) is 5.78 Å². The van der Waals surface area contributed by atoms with Gasteiger partial charge in [-0.15, -0.1) is 6.58 Å². The Kier molecular flexibility index (Phi) is 6.15. The van der Waals surface area contributed by atoms with Crippen LogP contribution < -0.4 is 5.32 Å². The second-order valence-electron chi connectivity index (χ2n) is 4.02. The van der Waals surface area contributed by atoms with E-state index in [9.17, 15) is 9.59 Å². The number of rotatable bonds is 6. The van der Waals surface area contributed by atoms with Gasteiger partial charge in [0.25, 0.3) is 5.91 Å². The van der Waals surface area contributed by atoms with Gasteiger partial charge in [0.05, 0.1) is 5.57 Å². The lowest BCUT2D eigenvalue weighted by molar-refractivity contribution is -0.124. The molecule has 0 aromatic heterocycles. The second kappa shape index (κ2) is 6.82. The molecule has 0 saturated carbocycles. The molecule has 0 aromatic carbocycles. The number of nitrogens with zero attached hydrogens (tertiary/aromatic N) is 1. The first-order chi connectivity index (χ1) is 7.40. The molecule has 90 valence electrons. The summed E-state index contributed by atoms with van der Waals surface area (Å²) >= 11 is 0. The van der Waals surface area contributed by atoms with Crippen LogP contribution in [-0.4, -0.2) is 37.2 Å². The molecule has 0 heterocycles. The number of Topliss-reactive ketones (excluding diaryl/α,β-unsaturated/α-hetero) is 1. The third-order valence-corrected chi connectivity index (χ3v) is 1.83. The standard InChI is InChI=1S/C12H20N2O2/c1-6-7-13-12(16)10(8-14(4)5)11(15)9(2)3/h6,8-9H,1,7H2,2-5H3,(H,13,16)/b10-8-. The van der Waals surface area contributed by atoms with E-state index in [1.54, 1.807) is 45.1 Å². The van der Waals surface area contributed by atoms with Gasteiger partial charge in [-0.05, 0) is 0 Å². The summed E-state index contributed by atoms with van der Waals surface area (Å²) in [5.74, 6) is -0.705. The van der Waals surface area contributed by atoms with Crippen molar-refractivity contribution in [3.63, 3.8) is 0 Å². The summed E-state index contributed by atoms with van der Waals surface area (Å²) in [5, 5.41) is 2.60. The molecular formula is C12H20N2O2. The van der Waals surface area contributed by atoms with Gasteiger partial charge in [0.1, 0.15) is 0 Å². The fourth-order valence-corrected chi connectivity index (χ4v) is 1.06. The summed E-state index contributed by atoms with van der Waals surface area (Å²) in [6, 6.07) is 0. The number of carbonyl (C=O) groups excluding carboxylic acids is 2. The highest BCUT2D eigenvalue weighted by Crippen LogP contribution is 2.07. The summed E-state index contributed by atoms with van der Waals surface area (Å²) in [7, 11) is 3.54. The van der Waals surface area contributed by atoms with E-state index in [0.29, 0.717) is 6.54 Å². The van der Waals surface area contributed by atoms with Crippen LogP contribution in [0.4, 0.5) is 0 Å². The maximum Gasteiger partial charge on any atom is 0.256 e. The molecule has 0 rings (SSSR count). The van der Waals surface area contributed by atoms with Crippen LogP contribution in [0.5, 0.6) is 0 Å². The van der Waals surface area contributed by atoms with E-state index < -0.39 is 0 Å². The Morgan fingerprint density at radius 1 is 1.38 bits per heavy atom. The third kappa shape index (κ3) is 4.77. The van der Waals surface area contributed by atoms with Gasteiger partial charge in [-0.25, -0.2) is 0 Å². The van der Waals surface area contributed by atoms with Gasteiger partial charge in [-0.2, -0.15) is 0 Å². The number of hydrogen-bond acceptors (Lipinski definition) is 3. The molecule has 0 aliphatic carbocycles. The van der Waals surface area contributed by atoms with Crippen molar-refractivity contribution in [2.75, 3.05) is 20.6 Å². The predicted molar refractivity (Wildman–Crippen MR) is 64.8 cm³/mol. The van der Waals surface area contributed by atoms with Crippen LogP contribution in [-0.2, 0) is 9.59 Å². The molecule has 1 amide bonds.